The van der Waals surface area contributed by atoms with Gasteiger partial charge < -0.3 is 10.4 Å². The van der Waals surface area contributed by atoms with Gasteiger partial charge in [-0.15, -0.1) is 0 Å². The van der Waals surface area contributed by atoms with Gasteiger partial charge in [0.2, 0.25) is 5.91 Å². The number of nitrogens with one attached hydrogen (secondary N) is 1. The lowest BCUT2D eigenvalue weighted by molar-refractivity contribution is -0.126. The smallest absolute Gasteiger partial charge is 0.225 e. The van der Waals surface area contributed by atoms with Crippen molar-refractivity contribution < 1.29 is 18.7 Å². The molecule has 1 aliphatic heterocycles. The minimum absolute atomic E-state index is 0.0190. The minimum Gasteiger partial charge on any atom is -0.396 e. The lowest BCUT2D eigenvalue weighted by atomic mass is 9.96. The number of nitrogens with zero attached hydrogens (tertiary/aromatic N) is 1. The molecule has 1 saturated heterocycles. The summed E-state index contributed by atoms with van der Waals surface area (Å²) in [5.74, 6) is -1.61. The SMILES string of the molecule is O=C(NC1CC1)[C@@H]1CN(Cc2cc(F)cc(F)c2)C[C@H]1CO. The van der Waals surface area contributed by atoms with Crippen LogP contribution in [-0.2, 0) is 11.3 Å². The first-order valence-corrected chi connectivity index (χ1v) is 7.63. The molecule has 120 valence electrons. The number of benzene rings is 1. The number of aliphatic hydroxyl groups excluding tert-OH is 1. The summed E-state index contributed by atoms with van der Waals surface area (Å²) < 4.78 is 26.5. The van der Waals surface area contributed by atoms with Crippen LogP contribution in [0.3, 0.4) is 0 Å². The molecule has 2 N–H and O–H groups in total. The van der Waals surface area contributed by atoms with Gasteiger partial charge in [0.1, 0.15) is 11.6 Å². The first-order chi connectivity index (χ1) is 10.5. The van der Waals surface area contributed by atoms with Crippen LogP contribution < -0.4 is 5.32 Å². The molecule has 0 spiro atoms. The Kier molecular flexibility index (Phi) is 4.40. The summed E-state index contributed by atoms with van der Waals surface area (Å²) in [5.41, 5.74) is 0.539. The first-order valence-electron chi connectivity index (χ1n) is 7.63. The Hall–Kier alpha value is -1.53. The highest BCUT2D eigenvalue weighted by Gasteiger charge is 2.38. The number of likely N-dealkylation sites (tertiary alicyclic amines) is 1. The van der Waals surface area contributed by atoms with Gasteiger partial charge in [-0.2, -0.15) is 0 Å². The second-order valence-electron chi connectivity index (χ2n) is 6.30. The number of aliphatic hydroxyl groups is 1. The van der Waals surface area contributed by atoms with E-state index in [9.17, 15) is 18.7 Å². The fourth-order valence-electron chi connectivity index (χ4n) is 3.07. The predicted octanol–water partition coefficient (Wildman–Crippen LogP) is 1.28. The second kappa shape index (κ2) is 6.30. The van der Waals surface area contributed by atoms with Crippen molar-refractivity contribution in [2.45, 2.75) is 25.4 Å². The van der Waals surface area contributed by atoms with E-state index in [0.29, 0.717) is 31.2 Å². The Morgan fingerprint density at radius 3 is 2.50 bits per heavy atom. The number of hydrogen-bond donors (Lipinski definition) is 2. The maximum Gasteiger partial charge on any atom is 0.225 e. The Labute approximate surface area is 128 Å². The van der Waals surface area contributed by atoms with Gasteiger partial charge in [0.15, 0.2) is 0 Å². The second-order valence-corrected chi connectivity index (χ2v) is 6.30. The summed E-state index contributed by atoms with van der Waals surface area (Å²) in [6.45, 7) is 1.37. The van der Waals surface area contributed by atoms with E-state index in [1.54, 1.807) is 0 Å². The van der Waals surface area contributed by atoms with Crippen molar-refractivity contribution >= 4 is 5.91 Å². The van der Waals surface area contributed by atoms with Crippen LogP contribution in [0.4, 0.5) is 8.78 Å². The van der Waals surface area contributed by atoms with E-state index in [2.05, 4.69) is 5.32 Å². The van der Waals surface area contributed by atoms with Gasteiger partial charge in [0.05, 0.1) is 5.92 Å². The Morgan fingerprint density at radius 2 is 1.91 bits per heavy atom. The van der Waals surface area contributed by atoms with E-state index in [0.717, 1.165) is 18.9 Å². The molecule has 1 aliphatic carbocycles. The lowest BCUT2D eigenvalue weighted by Crippen LogP contribution is -2.37. The largest absolute Gasteiger partial charge is 0.396 e. The average molecular weight is 310 g/mol. The summed E-state index contributed by atoms with van der Waals surface area (Å²) in [7, 11) is 0. The standard InChI is InChI=1S/C16H20F2N2O2/c17-12-3-10(4-13(18)5-12)6-20-7-11(9-21)15(8-20)16(22)19-14-1-2-14/h3-5,11,14-15,21H,1-2,6-9H2,(H,19,22)/t11-,15+/m0/s1. The third-order valence-electron chi connectivity index (χ3n) is 4.34. The van der Waals surface area contributed by atoms with Gasteiger partial charge in [-0.25, -0.2) is 8.78 Å². The molecule has 1 aromatic carbocycles. The van der Waals surface area contributed by atoms with Gasteiger partial charge in [-0.05, 0) is 30.5 Å². The molecule has 0 radical (unpaired) electrons. The monoisotopic (exact) mass is 310 g/mol. The van der Waals surface area contributed by atoms with E-state index in [-0.39, 0.29) is 24.3 Å². The Balaban J connectivity index is 1.64. The fraction of sp³-hybridized carbons (Fsp3) is 0.562. The third-order valence-corrected chi connectivity index (χ3v) is 4.34. The molecule has 0 aromatic heterocycles. The van der Waals surface area contributed by atoms with Crippen molar-refractivity contribution in [3.8, 4) is 0 Å². The lowest BCUT2D eigenvalue weighted by Gasteiger charge is -2.16. The van der Waals surface area contributed by atoms with Crippen molar-refractivity contribution in [2.24, 2.45) is 11.8 Å². The molecule has 2 atom stereocenters. The fourth-order valence-corrected chi connectivity index (χ4v) is 3.07. The maximum absolute atomic E-state index is 13.2. The van der Waals surface area contributed by atoms with Crippen molar-refractivity contribution in [3.63, 3.8) is 0 Å². The Bertz CT molecular complexity index is 543. The van der Waals surface area contributed by atoms with Crippen molar-refractivity contribution in [1.82, 2.24) is 10.2 Å². The normalized spacial score (nSPS) is 25.4. The topological polar surface area (TPSA) is 52.6 Å². The first kappa shape index (κ1) is 15.4. The highest BCUT2D eigenvalue weighted by Crippen LogP contribution is 2.27. The molecular formula is C16H20F2N2O2. The molecule has 1 aromatic rings. The summed E-state index contributed by atoms with van der Waals surface area (Å²) in [6, 6.07) is 3.73. The summed E-state index contributed by atoms with van der Waals surface area (Å²) in [5, 5.41) is 12.4. The molecule has 0 unspecified atom stereocenters. The van der Waals surface area contributed by atoms with Gasteiger partial charge in [0, 0.05) is 44.3 Å². The molecule has 2 fully saturated rings. The van der Waals surface area contributed by atoms with Gasteiger partial charge >= 0.3 is 0 Å². The van der Waals surface area contributed by atoms with E-state index < -0.39 is 11.6 Å². The Morgan fingerprint density at radius 1 is 1.23 bits per heavy atom. The molecule has 0 bridgehead atoms. The number of halogens is 2. The summed E-state index contributed by atoms with van der Waals surface area (Å²) in [4.78, 5) is 14.2. The molecular weight excluding hydrogens is 290 g/mol. The van der Waals surface area contributed by atoms with Crippen LogP contribution >= 0.6 is 0 Å². The van der Waals surface area contributed by atoms with Crippen LogP contribution in [0.2, 0.25) is 0 Å². The number of amides is 1. The van der Waals surface area contributed by atoms with Crippen molar-refractivity contribution in [2.75, 3.05) is 19.7 Å². The van der Waals surface area contributed by atoms with Gasteiger partial charge in [-0.1, -0.05) is 0 Å². The molecule has 1 heterocycles. The third kappa shape index (κ3) is 3.62. The molecule has 2 aliphatic rings. The van der Waals surface area contributed by atoms with Crippen LogP contribution in [0.5, 0.6) is 0 Å². The number of hydrogen-bond acceptors (Lipinski definition) is 3. The highest BCUT2D eigenvalue weighted by atomic mass is 19.1. The van der Waals surface area contributed by atoms with Crippen LogP contribution in [0.15, 0.2) is 18.2 Å². The summed E-state index contributed by atoms with van der Waals surface area (Å²) >= 11 is 0. The van der Waals surface area contributed by atoms with Crippen molar-refractivity contribution in [1.29, 1.82) is 0 Å². The molecule has 4 nitrogen and oxygen atoms in total. The highest BCUT2D eigenvalue weighted by molar-refractivity contribution is 5.80. The van der Waals surface area contributed by atoms with Crippen LogP contribution in [0, 0.1) is 23.5 Å². The van der Waals surface area contributed by atoms with E-state index in [1.165, 1.54) is 12.1 Å². The van der Waals surface area contributed by atoms with E-state index in [1.807, 2.05) is 4.90 Å². The molecule has 1 amide bonds. The molecule has 22 heavy (non-hydrogen) atoms. The van der Waals surface area contributed by atoms with Gasteiger partial charge in [-0.3, -0.25) is 9.69 Å². The van der Waals surface area contributed by atoms with Crippen molar-refractivity contribution in [3.05, 3.63) is 35.4 Å². The number of rotatable bonds is 5. The van der Waals surface area contributed by atoms with E-state index in [4.69, 9.17) is 0 Å². The number of carbonyl (C=O) groups excluding carboxylic acids is 1. The maximum atomic E-state index is 13.2. The van der Waals surface area contributed by atoms with Crippen LogP contribution in [-0.4, -0.2) is 41.7 Å². The van der Waals surface area contributed by atoms with E-state index >= 15 is 0 Å². The molecule has 3 rings (SSSR count). The van der Waals surface area contributed by atoms with Crippen LogP contribution in [0.25, 0.3) is 0 Å². The predicted molar refractivity (Wildman–Crippen MR) is 76.9 cm³/mol. The summed E-state index contributed by atoms with van der Waals surface area (Å²) in [6.07, 6.45) is 2.04. The number of carbonyl (C=O) groups is 1. The average Bonchev–Trinajstić information content (AvgIpc) is 3.15. The quantitative estimate of drug-likeness (QED) is 0.861. The minimum atomic E-state index is -0.601. The molecule has 1 saturated carbocycles. The zero-order valence-corrected chi connectivity index (χ0v) is 12.3. The zero-order valence-electron chi connectivity index (χ0n) is 12.3. The zero-order chi connectivity index (χ0) is 15.7. The van der Waals surface area contributed by atoms with Gasteiger partial charge in [0.25, 0.3) is 0 Å². The van der Waals surface area contributed by atoms with Crippen LogP contribution in [0.1, 0.15) is 18.4 Å². The molecule has 6 heteroatoms.